The van der Waals surface area contributed by atoms with Gasteiger partial charge in [-0.2, -0.15) is 0 Å². The summed E-state index contributed by atoms with van der Waals surface area (Å²) in [7, 11) is 0. The number of halogens is 1. The lowest BCUT2D eigenvalue weighted by molar-refractivity contribution is -0.120. The van der Waals surface area contributed by atoms with E-state index in [1.807, 2.05) is 38.1 Å². The molecule has 0 spiro atoms. The molecule has 0 saturated carbocycles. The molecule has 2 rings (SSSR count). The fourth-order valence-corrected chi connectivity index (χ4v) is 2.32. The third-order valence-electron chi connectivity index (χ3n) is 3.44. The summed E-state index contributed by atoms with van der Waals surface area (Å²) in [5.41, 5.74) is 0.936. The number of carbonyl (C=O) groups is 1. The van der Waals surface area contributed by atoms with Gasteiger partial charge in [-0.3, -0.25) is 4.79 Å². The van der Waals surface area contributed by atoms with E-state index < -0.39 is 11.9 Å². The Hall–Kier alpha value is -2.40. The summed E-state index contributed by atoms with van der Waals surface area (Å²) in [5, 5.41) is 12.6. The van der Waals surface area contributed by atoms with Gasteiger partial charge in [0.05, 0.1) is 18.6 Å². The molecule has 1 atom stereocenters. The number of nitrogens with one attached hydrogen (secondary N) is 1. The number of para-hydroxylation sites is 1. The highest BCUT2D eigenvalue weighted by molar-refractivity contribution is 5.79. The number of aliphatic hydroxyl groups is 1. The van der Waals surface area contributed by atoms with Crippen molar-refractivity contribution < 1.29 is 19.0 Å². The fraction of sp³-hybridized carbons (Fsp3) is 0.316. The number of hydrogen-bond donors (Lipinski definition) is 2. The van der Waals surface area contributed by atoms with Crippen LogP contribution in [0.1, 0.15) is 31.1 Å². The van der Waals surface area contributed by atoms with Gasteiger partial charge < -0.3 is 15.2 Å². The number of amides is 1. The molecule has 2 aromatic rings. The predicted molar refractivity (Wildman–Crippen MR) is 90.3 cm³/mol. The third kappa shape index (κ3) is 5.06. The van der Waals surface area contributed by atoms with Gasteiger partial charge >= 0.3 is 0 Å². The van der Waals surface area contributed by atoms with Gasteiger partial charge in [0.1, 0.15) is 11.6 Å². The van der Waals surface area contributed by atoms with Crippen LogP contribution < -0.4 is 10.1 Å². The van der Waals surface area contributed by atoms with Crippen molar-refractivity contribution >= 4 is 5.91 Å². The molecule has 0 aliphatic rings. The molecule has 0 heterocycles. The highest BCUT2D eigenvalue weighted by Crippen LogP contribution is 2.20. The van der Waals surface area contributed by atoms with Crippen molar-refractivity contribution in [1.82, 2.24) is 5.32 Å². The van der Waals surface area contributed by atoms with Gasteiger partial charge in [-0.05, 0) is 26.0 Å². The lowest BCUT2D eigenvalue weighted by Crippen LogP contribution is -2.30. The minimum absolute atomic E-state index is 0.0112. The van der Waals surface area contributed by atoms with Crippen molar-refractivity contribution in [1.29, 1.82) is 0 Å². The van der Waals surface area contributed by atoms with Crippen molar-refractivity contribution in [3.05, 3.63) is 65.5 Å². The largest absolute Gasteiger partial charge is 0.491 e. The van der Waals surface area contributed by atoms with Crippen LogP contribution in [-0.2, 0) is 11.2 Å². The predicted octanol–water partition coefficient (Wildman–Crippen LogP) is 3.01. The van der Waals surface area contributed by atoms with Crippen LogP contribution in [0.3, 0.4) is 0 Å². The van der Waals surface area contributed by atoms with Crippen LogP contribution in [0.15, 0.2) is 48.5 Å². The molecule has 0 aromatic heterocycles. The number of ether oxygens (including phenoxy) is 1. The molecule has 5 heteroatoms. The Bertz CT molecular complexity index is 688. The van der Waals surface area contributed by atoms with Gasteiger partial charge in [-0.1, -0.05) is 36.4 Å². The summed E-state index contributed by atoms with van der Waals surface area (Å²) in [6.07, 6.45) is -0.943. The number of aliphatic hydroxyl groups excluding tert-OH is 1. The first kappa shape index (κ1) is 17.9. The van der Waals surface area contributed by atoms with E-state index in [1.54, 1.807) is 12.1 Å². The van der Waals surface area contributed by atoms with E-state index in [-0.39, 0.29) is 30.5 Å². The smallest absolute Gasteiger partial charge is 0.224 e. The second-order valence-corrected chi connectivity index (χ2v) is 5.79. The molecule has 2 N–H and O–H groups in total. The van der Waals surface area contributed by atoms with Crippen LogP contribution in [0, 0.1) is 5.82 Å². The first-order valence-electron chi connectivity index (χ1n) is 7.91. The number of rotatable bonds is 7. The van der Waals surface area contributed by atoms with Gasteiger partial charge in [-0.15, -0.1) is 0 Å². The lowest BCUT2D eigenvalue weighted by atomic mass is 10.1. The van der Waals surface area contributed by atoms with Crippen molar-refractivity contribution in [3.63, 3.8) is 0 Å². The zero-order chi connectivity index (χ0) is 17.5. The molecule has 0 saturated heterocycles. The highest BCUT2D eigenvalue weighted by Gasteiger charge is 2.14. The molecular weight excluding hydrogens is 309 g/mol. The zero-order valence-corrected chi connectivity index (χ0v) is 13.8. The van der Waals surface area contributed by atoms with E-state index in [2.05, 4.69) is 5.32 Å². The van der Waals surface area contributed by atoms with Gasteiger partial charge in [0.25, 0.3) is 0 Å². The SMILES string of the molecule is CC(C)Oc1ccccc1CC(=O)NCC(O)c1ccccc1F. The summed E-state index contributed by atoms with van der Waals surface area (Å²) in [6.45, 7) is 3.79. The first-order chi connectivity index (χ1) is 11.5. The Morgan fingerprint density at radius 3 is 2.54 bits per heavy atom. The topological polar surface area (TPSA) is 58.6 Å². The van der Waals surface area contributed by atoms with Gasteiger partial charge in [0.15, 0.2) is 0 Å². The average molecular weight is 331 g/mol. The van der Waals surface area contributed by atoms with Crippen LogP contribution in [0.25, 0.3) is 0 Å². The Morgan fingerprint density at radius 1 is 1.17 bits per heavy atom. The van der Waals surface area contributed by atoms with Gasteiger partial charge in [0.2, 0.25) is 5.91 Å². The van der Waals surface area contributed by atoms with Crippen molar-refractivity contribution in [2.45, 2.75) is 32.5 Å². The number of hydrogen-bond acceptors (Lipinski definition) is 3. The van der Waals surface area contributed by atoms with Crippen molar-refractivity contribution in [2.75, 3.05) is 6.54 Å². The lowest BCUT2D eigenvalue weighted by Gasteiger charge is -2.15. The second-order valence-electron chi connectivity index (χ2n) is 5.79. The zero-order valence-electron chi connectivity index (χ0n) is 13.8. The molecule has 1 unspecified atom stereocenters. The molecule has 128 valence electrons. The molecule has 0 radical (unpaired) electrons. The summed E-state index contributed by atoms with van der Waals surface area (Å²) in [5.74, 6) is -0.0857. The Balaban J connectivity index is 1.93. The van der Waals surface area contributed by atoms with Crippen LogP contribution >= 0.6 is 0 Å². The monoisotopic (exact) mass is 331 g/mol. The minimum Gasteiger partial charge on any atom is -0.491 e. The van der Waals surface area contributed by atoms with Crippen LogP contribution in [0.2, 0.25) is 0 Å². The summed E-state index contributed by atoms with van der Waals surface area (Å²) in [4.78, 5) is 12.1. The fourth-order valence-electron chi connectivity index (χ4n) is 2.32. The molecule has 1 amide bonds. The normalized spacial score (nSPS) is 12.0. The summed E-state index contributed by atoms with van der Waals surface area (Å²) < 4.78 is 19.3. The van der Waals surface area contributed by atoms with Crippen molar-refractivity contribution in [3.8, 4) is 5.75 Å². The van der Waals surface area contributed by atoms with E-state index in [0.29, 0.717) is 5.75 Å². The molecule has 2 aromatic carbocycles. The van der Waals surface area contributed by atoms with Crippen molar-refractivity contribution in [2.24, 2.45) is 0 Å². The molecular formula is C19H22FNO3. The van der Waals surface area contributed by atoms with Crippen LogP contribution in [-0.4, -0.2) is 23.7 Å². The van der Waals surface area contributed by atoms with Gasteiger partial charge in [0, 0.05) is 17.7 Å². The maximum Gasteiger partial charge on any atom is 0.224 e. The number of carbonyl (C=O) groups excluding carboxylic acids is 1. The molecule has 24 heavy (non-hydrogen) atoms. The van der Waals surface area contributed by atoms with E-state index in [0.717, 1.165) is 5.56 Å². The summed E-state index contributed by atoms with van der Waals surface area (Å²) in [6, 6.07) is 13.3. The van der Waals surface area contributed by atoms with E-state index in [1.165, 1.54) is 12.1 Å². The van der Waals surface area contributed by atoms with E-state index >= 15 is 0 Å². The van der Waals surface area contributed by atoms with Crippen LogP contribution in [0.4, 0.5) is 4.39 Å². The van der Waals surface area contributed by atoms with Gasteiger partial charge in [-0.25, -0.2) is 4.39 Å². The standard InChI is InChI=1S/C19H22FNO3/c1-13(2)24-18-10-6-3-7-14(18)11-19(23)21-12-17(22)15-8-4-5-9-16(15)20/h3-10,13,17,22H,11-12H2,1-2H3,(H,21,23). The quantitative estimate of drug-likeness (QED) is 0.820. The summed E-state index contributed by atoms with van der Waals surface area (Å²) >= 11 is 0. The van der Waals surface area contributed by atoms with Crippen LogP contribution in [0.5, 0.6) is 5.75 Å². The molecule has 0 aliphatic carbocycles. The molecule has 0 bridgehead atoms. The Labute approximate surface area is 141 Å². The third-order valence-corrected chi connectivity index (χ3v) is 3.44. The second kappa shape index (κ2) is 8.45. The number of benzene rings is 2. The minimum atomic E-state index is -1.09. The Kier molecular flexibility index (Phi) is 6.32. The molecule has 0 fully saturated rings. The maximum atomic E-state index is 13.6. The highest BCUT2D eigenvalue weighted by atomic mass is 19.1. The maximum absolute atomic E-state index is 13.6. The van der Waals surface area contributed by atoms with E-state index in [4.69, 9.17) is 4.74 Å². The molecule has 0 aliphatic heterocycles. The average Bonchev–Trinajstić information content (AvgIpc) is 2.54. The van der Waals surface area contributed by atoms with E-state index in [9.17, 15) is 14.3 Å². The Morgan fingerprint density at radius 2 is 1.83 bits per heavy atom. The first-order valence-corrected chi connectivity index (χ1v) is 7.91. The molecule has 4 nitrogen and oxygen atoms in total.